The minimum Gasteiger partial charge on any atom is -0.361 e. The molecule has 4 aromatic rings. The van der Waals surface area contributed by atoms with Gasteiger partial charge in [-0.3, -0.25) is 4.79 Å². The van der Waals surface area contributed by atoms with Gasteiger partial charge in [-0.2, -0.15) is 0 Å². The number of hydrogen-bond acceptors (Lipinski definition) is 2. The first-order chi connectivity index (χ1) is 14.7. The fourth-order valence-corrected chi connectivity index (χ4v) is 5.53. The molecular weight excluding hydrogens is 412 g/mol. The average Bonchev–Trinajstić information content (AvgIpc) is 3.17. The van der Waals surface area contributed by atoms with E-state index in [1.165, 1.54) is 26.3 Å². The van der Waals surface area contributed by atoms with Crippen molar-refractivity contribution in [3.63, 3.8) is 0 Å². The number of nitrogens with one attached hydrogen (secondary N) is 2. The Balaban J connectivity index is 1.30. The third-order valence-electron chi connectivity index (χ3n) is 5.64. The normalized spacial score (nSPS) is 14.9. The van der Waals surface area contributed by atoms with Crippen LogP contribution in [-0.4, -0.2) is 17.4 Å². The van der Waals surface area contributed by atoms with E-state index in [2.05, 4.69) is 40.6 Å². The molecule has 0 bridgehead atoms. The van der Waals surface area contributed by atoms with Gasteiger partial charge >= 0.3 is 0 Å². The van der Waals surface area contributed by atoms with Gasteiger partial charge in [0, 0.05) is 50.8 Å². The molecule has 1 amide bonds. The van der Waals surface area contributed by atoms with Gasteiger partial charge in [0.1, 0.15) is 0 Å². The number of aromatic nitrogens is 1. The van der Waals surface area contributed by atoms with E-state index in [1.807, 2.05) is 42.6 Å². The Hall–Kier alpha value is -2.69. The Morgan fingerprint density at radius 2 is 1.80 bits per heavy atom. The van der Waals surface area contributed by atoms with E-state index < -0.39 is 0 Å². The van der Waals surface area contributed by atoms with Crippen LogP contribution < -0.4 is 5.32 Å². The fourth-order valence-electron chi connectivity index (χ4n) is 4.18. The molecule has 0 fully saturated rings. The molecule has 0 spiro atoms. The molecular formula is C25H21ClN2OS. The SMILES string of the molecule is O=C(C[C@@H]1c2ccccc2Sc2ccc(Cl)cc21)NCCc1c[nH]c2ccccc12. The van der Waals surface area contributed by atoms with Gasteiger partial charge in [0.25, 0.3) is 0 Å². The summed E-state index contributed by atoms with van der Waals surface area (Å²) < 4.78 is 0. The lowest BCUT2D eigenvalue weighted by Crippen LogP contribution is -2.28. The van der Waals surface area contributed by atoms with Crippen LogP contribution in [0.25, 0.3) is 10.9 Å². The number of para-hydroxylation sites is 1. The van der Waals surface area contributed by atoms with E-state index in [0.717, 1.165) is 17.5 Å². The van der Waals surface area contributed by atoms with Gasteiger partial charge in [0.15, 0.2) is 0 Å². The summed E-state index contributed by atoms with van der Waals surface area (Å²) in [6.45, 7) is 0.617. The Kier molecular flexibility index (Phi) is 5.28. The zero-order chi connectivity index (χ0) is 20.5. The van der Waals surface area contributed by atoms with E-state index in [4.69, 9.17) is 11.6 Å². The Bertz CT molecular complexity index is 1230. The van der Waals surface area contributed by atoms with Crippen molar-refractivity contribution in [3.8, 4) is 0 Å². The van der Waals surface area contributed by atoms with Gasteiger partial charge in [0.05, 0.1) is 0 Å². The standard InChI is InChI=1S/C25H21ClN2OS/c26-17-9-10-24-21(13-17)20(19-6-2-4-8-23(19)30-24)14-25(29)27-12-11-16-15-28-22-7-3-1-5-18(16)22/h1-10,13,15,20,28H,11-12,14H2,(H,27,29)/t20-/m1/s1. The van der Waals surface area contributed by atoms with Crippen molar-refractivity contribution in [2.24, 2.45) is 0 Å². The van der Waals surface area contributed by atoms with Crippen molar-refractivity contribution < 1.29 is 4.79 Å². The number of H-pyrrole nitrogens is 1. The van der Waals surface area contributed by atoms with Crippen molar-refractivity contribution >= 4 is 40.2 Å². The lowest BCUT2D eigenvalue weighted by atomic mass is 9.87. The topological polar surface area (TPSA) is 44.9 Å². The maximum atomic E-state index is 12.8. The molecule has 0 radical (unpaired) electrons. The number of amides is 1. The summed E-state index contributed by atoms with van der Waals surface area (Å²) in [5, 5.41) is 5.04. The minimum atomic E-state index is 0.0178. The molecule has 0 unspecified atom stereocenters. The molecule has 2 N–H and O–H groups in total. The van der Waals surface area contributed by atoms with Gasteiger partial charge in [0.2, 0.25) is 5.91 Å². The smallest absolute Gasteiger partial charge is 0.220 e. The van der Waals surface area contributed by atoms with Crippen molar-refractivity contribution in [2.75, 3.05) is 6.54 Å². The predicted molar refractivity (Wildman–Crippen MR) is 123 cm³/mol. The summed E-state index contributed by atoms with van der Waals surface area (Å²) in [5.74, 6) is 0.0803. The first-order valence-corrected chi connectivity index (χ1v) is 11.3. The molecule has 1 aliphatic heterocycles. The van der Waals surface area contributed by atoms with Crippen LogP contribution in [0.3, 0.4) is 0 Å². The third kappa shape index (κ3) is 3.73. The van der Waals surface area contributed by atoms with Crippen LogP contribution in [0, 0.1) is 0 Å². The third-order valence-corrected chi connectivity index (χ3v) is 7.06. The van der Waals surface area contributed by atoms with Crippen molar-refractivity contribution in [1.82, 2.24) is 10.3 Å². The maximum absolute atomic E-state index is 12.8. The molecule has 30 heavy (non-hydrogen) atoms. The Morgan fingerprint density at radius 3 is 2.73 bits per heavy atom. The van der Waals surface area contributed by atoms with Crippen LogP contribution >= 0.6 is 23.4 Å². The minimum absolute atomic E-state index is 0.0178. The highest BCUT2D eigenvalue weighted by atomic mass is 35.5. The fraction of sp³-hybridized carbons (Fsp3) is 0.160. The number of carbonyl (C=O) groups is 1. The zero-order valence-corrected chi connectivity index (χ0v) is 17.9. The molecule has 1 atom stereocenters. The molecule has 0 saturated heterocycles. The van der Waals surface area contributed by atoms with Crippen LogP contribution in [0.15, 0.2) is 82.7 Å². The van der Waals surface area contributed by atoms with E-state index in [9.17, 15) is 4.79 Å². The summed E-state index contributed by atoms with van der Waals surface area (Å²) in [6, 6.07) is 22.5. The van der Waals surface area contributed by atoms with Gasteiger partial charge in [-0.05, 0) is 53.4 Å². The van der Waals surface area contributed by atoms with E-state index in [0.29, 0.717) is 18.0 Å². The number of aromatic amines is 1. The molecule has 5 heteroatoms. The van der Waals surface area contributed by atoms with E-state index in [-0.39, 0.29) is 11.8 Å². The number of rotatable bonds is 5. The Labute approximate surface area is 184 Å². The molecule has 3 aromatic carbocycles. The molecule has 5 rings (SSSR count). The van der Waals surface area contributed by atoms with Crippen LogP contribution in [0.4, 0.5) is 0 Å². The van der Waals surface area contributed by atoms with Crippen molar-refractivity contribution in [1.29, 1.82) is 0 Å². The highest BCUT2D eigenvalue weighted by Gasteiger charge is 2.28. The van der Waals surface area contributed by atoms with E-state index in [1.54, 1.807) is 11.8 Å². The quantitative estimate of drug-likeness (QED) is 0.396. The first-order valence-electron chi connectivity index (χ1n) is 10.1. The van der Waals surface area contributed by atoms with Gasteiger partial charge in [-0.15, -0.1) is 0 Å². The van der Waals surface area contributed by atoms with Crippen LogP contribution in [0.5, 0.6) is 0 Å². The summed E-state index contributed by atoms with van der Waals surface area (Å²) in [6.07, 6.45) is 3.25. The summed E-state index contributed by atoms with van der Waals surface area (Å²) in [7, 11) is 0. The van der Waals surface area contributed by atoms with Crippen molar-refractivity contribution in [3.05, 3.63) is 94.6 Å². The van der Waals surface area contributed by atoms with Gasteiger partial charge in [-0.1, -0.05) is 59.8 Å². The molecule has 0 aliphatic carbocycles. The molecule has 0 saturated carbocycles. The molecule has 3 nitrogen and oxygen atoms in total. The van der Waals surface area contributed by atoms with E-state index >= 15 is 0 Å². The lowest BCUT2D eigenvalue weighted by Gasteiger charge is -2.27. The van der Waals surface area contributed by atoms with Gasteiger partial charge < -0.3 is 10.3 Å². The highest BCUT2D eigenvalue weighted by molar-refractivity contribution is 7.99. The van der Waals surface area contributed by atoms with Gasteiger partial charge in [-0.25, -0.2) is 0 Å². The van der Waals surface area contributed by atoms with Crippen molar-refractivity contribution in [2.45, 2.75) is 28.6 Å². The summed E-state index contributed by atoms with van der Waals surface area (Å²) >= 11 is 8.03. The van der Waals surface area contributed by atoms with Crippen LogP contribution in [-0.2, 0) is 11.2 Å². The molecule has 150 valence electrons. The molecule has 2 heterocycles. The molecule has 1 aromatic heterocycles. The maximum Gasteiger partial charge on any atom is 0.220 e. The first kappa shape index (κ1) is 19.3. The number of hydrogen-bond donors (Lipinski definition) is 2. The van der Waals surface area contributed by atoms with Crippen LogP contribution in [0.1, 0.15) is 29.0 Å². The second kappa shape index (κ2) is 8.21. The second-order valence-electron chi connectivity index (χ2n) is 7.54. The number of fused-ring (bicyclic) bond motifs is 3. The number of benzene rings is 3. The summed E-state index contributed by atoms with van der Waals surface area (Å²) in [5.41, 5.74) is 4.69. The second-order valence-corrected chi connectivity index (χ2v) is 9.06. The molecule has 1 aliphatic rings. The average molecular weight is 433 g/mol. The largest absolute Gasteiger partial charge is 0.361 e. The van der Waals surface area contributed by atoms with Crippen LogP contribution in [0.2, 0.25) is 5.02 Å². The number of carbonyl (C=O) groups excluding carboxylic acids is 1. The highest BCUT2D eigenvalue weighted by Crippen LogP contribution is 2.47. The summed E-state index contributed by atoms with van der Waals surface area (Å²) in [4.78, 5) is 18.5. The zero-order valence-electron chi connectivity index (χ0n) is 16.3. The predicted octanol–water partition coefficient (Wildman–Crippen LogP) is 6.17. The Morgan fingerprint density at radius 1 is 1.00 bits per heavy atom. The monoisotopic (exact) mass is 432 g/mol. The lowest BCUT2D eigenvalue weighted by molar-refractivity contribution is -0.121. The number of halogens is 1.